The second kappa shape index (κ2) is 5.70. The fourth-order valence-corrected chi connectivity index (χ4v) is 1.86. The number of urea groups is 1. The summed E-state index contributed by atoms with van der Waals surface area (Å²) < 4.78 is 0. The number of carbonyl (C=O) groups excluding carboxylic acids is 2. The quantitative estimate of drug-likeness (QED) is 0.526. The van der Waals surface area contributed by atoms with Crippen LogP contribution in [0, 0.1) is 5.41 Å². The third-order valence-electron chi connectivity index (χ3n) is 3.25. The van der Waals surface area contributed by atoms with Crippen molar-refractivity contribution in [2.45, 2.75) is 38.6 Å². The van der Waals surface area contributed by atoms with Gasteiger partial charge in [0.05, 0.1) is 6.42 Å². The molecular formula is C11H19N3O4. The van der Waals surface area contributed by atoms with Gasteiger partial charge in [-0.25, -0.2) is 9.59 Å². The molecule has 1 rings (SSSR count). The molecule has 102 valence electrons. The Morgan fingerprint density at radius 2 is 2.00 bits per heavy atom. The number of amides is 3. The lowest BCUT2D eigenvalue weighted by Crippen LogP contribution is -2.50. The third kappa shape index (κ3) is 4.23. The summed E-state index contributed by atoms with van der Waals surface area (Å²) in [5.74, 6) is -2.05. The van der Waals surface area contributed by atoms with Crippen LogP contribution in [-0.2, 0) is 9.59 Å². The van der Waals surface area contributed by atoms with Gasteiger partial charge in [0, 0.05) is 6.54 Å². The normalized spacial score (nSPS) is 18.3. The molecule has 0 heterocycles. The first kappa shape index (κ1) is 14.3. The van der Waals surface area contributed by atoms with Crippen LogP contribution in [0.1, 0.15) is 32.6 Å². The van der Waals surface area contributed by atoms with Gasteiger partial charge in [0.25, 0.3) is 0 Å². The van der Waals surface area contributed by atoms with E-state index in [1.807, 2.05) is 0 Å². The van der Waals surface area contributed by atoms with Crippen molar-refractivity contribution in [1.29, 1.82) is 0 Å². The van der Waals surface area contributed by atoms with E-state index in [1.165, 1.54) is 0 Å². The maximum Gasteiger partial charge on any atom is 0.326 e. The van der Waals surface area contributed by atoms with Crippen LogP contribution in [0.2, 0.25) is 0 Å². The summed E-state index contributed by atoms with van der Waals surface area (Å²) >= 11 is 0. The molecule has 7 heteroatoms. The molecule has 0 aromatic rings. The Morgan fingerprint density at radius 3 is 2.39 bits per heavy atom. The SMILES string of the molecule is CC1(CNC(=O)NC(CC(N)=O)C(=O)O)CCC1. The summed E-state index contributed by atoms with van der Waals surface area (Å²) in [7, 11) is 0. The largest absolute Gasteiger partial charge is 0.480 e. The minimum absolute atomic E-state index is 0.111. The van der Waals surface area contributed by atoms with E-state index in [0.29, 0.717) is 6.54 Å². The lowest BCUT2D eigenvalue weighted by molar-refractivity contribution is -0.140. The lowest BCUT2D eigenvalue weighted by atomic mass is 9.70. The second-order valence-corrected chi connectivity index (χ2v) is 5.05. The van der Waals surface area contributed by atoms with Gasteiger partial charge < -0.3 is 21.5 Å². The molecular weight excluding hydrogens is 238 g/mol. The zero-order valence-corrected chi connectivity index (χ0v) is 10.4. The van der Waals surface area contributed by atoms with Crippen LogP contribution in [0.3, 0.4) is 0 Å². The molecule has 1 saturated carbocycles. The molecule has 1 fully saturated rings. The minimum atomic E-state index is -1.28. The topological polar surface area (TPSA) is 122 Å². The smallest absolute Gasteiger partial charge is 0.326 e. The van der Waals surface area contributed by atoms with Crippen LogP contribution in [0.25, 0.3) is 0 Å². The van der Waals surface area contributed by atoms with Gasteiger partial charge in [-0.3, -0.25) is 4.79 Å². The molecule has 1 atom stereocenters. The fraction of sp³-hybridized carbons (Fsp3) is 0.727. The van der Waals surface area contributed by atoms with Gasteiger partial charge >= 0.3 is 12.0 Å². The molecule has 1 unspecified atom stereocenters. The standard InChI is InChI=1S/C11H19N3O4/c1-11(3-2-4-11)6-13-10(18)14-7(9(16)17)5-8(12)15/h7H,2-6H2,1H3,(H2,12,15)(H,16,17)(H2,13,14,18). The Balaban J connectivity index is 2.36. The monoisotopic (exact) mass is 257 g/mol. The summed E-state index contributed by atoms with van der Waals surface area (Å²) in [5.41, 5.74) is 5.02. The summed E-state index contributed by atoms with van der Waals surface area (Å²) in [6, 6.07) is -1.87. The molecule has 0 aliphatic heterocycles. The zero-order valence-electron chi connectivity index (χ0n) is 10.4. The molecule has 0 spiro atoms. The van der Waals surface area contributed by atoms with E-state index >= 15 is 0 Å². The first-order chi connectivity index (χ1) is 8.32. The highest BCUT2D eigenvalue weighted by atomic mass is 16.4. The Labute approximate surface area is 105 Å². The molecule has 0 aromatic carbocycles. The Kier molecular flexibility index (Phi) is 4.52. The molecule has 0 aromatic heterocycles. The third-order valence-corrected chi connectivity index (χ3v) is 3.25. The molecule has 1 aliphatic rings. The molecule has 0 saturated heterocycles. The number of hydrogen-bond donors (Lipinski definition) is 4. The van der Waals surface area contributed by atoms with Gasteiger partial charge in [0.15, 0.2) is 0 Å². The van der Waals surface area contributed by atoms with Crippen LogP contribution in [0.5, 0.6) is 0 Å². The molecule has 3 amide bonds. The number of carboxylic acids is 1. The van der Waals surface area contributed by atoms with E-state index in [-0.39, 0.29) is 5.41 Å². The van der Waals surface area contributed by atoms with Crippen molar-refractivity contribution in [3.05, 3.63) is 0 Å². The summed E-state index contributed by atoms with van der Waals surface area (Å²) in [4.78, 5) is 32.9. The number of primary amides is 1. The van der Waals surface area contributed by atoms with Crippen molar-refractivity contribution in [2.24, 2.45) is 11.1 Å². The van der Waals surface area contributed by atoms with Gasteiger partial charge in [-0.2, -0.15) is 0 Å². The summed E-state index contributed by atoms with van der Waals surface area (Å²) in [6.07, 6.45) is 2.84. The number of carbonyl (C=O) groups is 3. The molecule has 18 heavy (non-hydrogen) atoms. The maximum absolute atomic E-state index is 11.5. The fourth-order valence-electron chi connectivity index (χ4n) is 1.86. The van der Waals surface area contributed by atoms with Crippen molar-refractivity contribution < 1.29 is 19.5 Å². The van der Waals surface area contributed by atoms with Crippen molar-refractivity contribution in [3.8, 4) is 0 Å². The van der Waals surface area contributed by atoms with Gasteiger partial charge in [0.2, 0.25) is 5.91 Å². The van der Waals surface area contributed by atoms with E-state index in [1.54, 1.807) is 0 Å². The van der Waals surface area contributed by atoms with Crippen molar-refractivity contribution in [2.75, 3.05) is 6.54 Å². The number of nitrogens with one attached hydrogen (secondary N) is 2. The van der Waals surface area contributed by atoms with E-state index in [4.69, 9.17) is 10.8 Å². The number of hydrogen-bond acceptors (Lipinski definition) is 3. The molecule has 7 nitrogen and oxygen atoms in total. The van der Waals surface area contributed by atoms with Crippen LogP contribution in [-0.4, -0.2) is 35.6 Å². The molecule has 0 radical (unpaired) electrons. The summed E-state index contributed by atoms with van der Waals surface area (Å²) in [6.45, 7) is 2.57. The number of nitrogens with two attached hydrogens (primary N) is 1. The van der Waals surface area contributed by atoms with Crippen LogP contribution in [0.15, 0.2) is 0 Å². The van der Waals surface area contributed by atoms with Gasteiger partial charge in [-0.1, -0.05) is 13.3 Å². The number of aliphatic carboxylic acids is 1. The summed E-state index contributed by atoms with van der Waals surface area (Å²) in [5, 5.41) is 13.6. The van der Waals surface area contributed by atoms with Gasteiger partial charge in [0.1, 0.15) is 6.04 Å². The molecule has 1 aliphatic carbocycles. The van der Waals surface area contributed by atoms with Gasteiger partial charge in [-0.15, -0.1) is 0 Å². The van der Waals surface area contributed by atoms with Crippen molar-refractivity contribution in [3.63, 3.8) is 0 Å². The highest BCUT2D eigenvalue weighted by Gasteiger charge is 2.32. The first-order valence-corrected chi connectivity index (χ1v) is 5.88. The zero-order chi connectivity index (χ0) is 13.8. The highest BCUT2D eigenvalue weighted by molar-refractivity contribution is 5.87. The highest BCUT2D eigenvalue weighted by Crippen LogP contribution is 2.39. The van der Waals surface area contributed by atoms with Crippen molar-refractivity contribution in [1.82, 2.24) is 10.6 Å². The van der Waals surface area contributed by atoms with E-state index in [0.717, 1.165) is 19.3 Å². The van der Waals surface area contributed by atoms with Crippen LogP contribution in [0.4, 0.5) is 4.79 Å². The molecule has 0 bridgehead atoms. The number of carboxylic acid groups (broad SMARTS) is 1. The maximum atomic E-state index is 11.5. The predicted octanol–water partition coefficient (Wildman–Crippen LogP) is -0.196. The van der Waals surface area contributed by atoms with E-state index in [9.17, 15) is 14.4 Å². The first-order valence-electron chi connectivity index (χ1n) is 5.88. The average molecular weight is 257 g/mol. The lowest BCUT2D eigenvalue weighted by Gasteiger charge is -2.38. The Morgan fingerprint density at radius 1 is 1.39 bits per heavy atom. The Bertz CT molecular complexity index is 352. The average Bonchev–Trinajstić information content (AvgIpc) is 2.22. The van der Waals surface area contributed by atoms with Crippen molar-refractivity contribution >= 4 is 17.9 Å². The second-order valence-electron chi connectivity index (χ2n) is 5.05. The van der Waals surface area contributed by atoms with Crippen LogP contribution < -0.4 is 16.4 Å². The molecule has 5 N–H and O–H groups in total. The predicted molar refractivity (Wildman–Crippen MR) is 63.7 cm³/mol. The minimum Gasteiger partial charge on any atom is -0.480 e. The Hall–Kier alpha value is -1.79. The van der Waals surface area contributed by atoms with E-state index < -0.39 is 30.4 Å². The van der Waals surface area contributed by atoms with Crippen LogP contribution >= 0.6 is 0 Å². The van der Waals surface area contributed by atoms with E-state index in [2.05, 4.69) is 17.6 Å². The number of rotatable bonds is 6. The van der Waals surface area contributed by atoms with Gasteiger partial charge in [-0.05, 0) is 18.3 Å².